The normalized spacial score (nSPS) is 11.7. The number of anilines is 1. The summed E-state index contributed by atoms with van der Waals surface area (Å²) < 4.78 is 0. The molecule has 0 bridgehead atoms. The quantitative estimate of drug-likeness (QED) is 0.909. The van der Waals surface area contributed by atoms with Gasteiger partial charge in [0, 0.05) is 19.3 Å². The number of nitriles is 1. The Morgan fingerprint density at radius 1 is 1.19 bits per heavy atom. The topological polar surface area (TPSA) is 47.3 Å². The van der Waals surface area contributed by atoms with Gasteiger partial charge in [-0.25, -0.2) is 0 Å². The van der Waals surface area contributed by atoms with Gasteiger partial charge in [0.25, 0.3) is 0 Å². The zero-order chi connectivity index (χ0) is 15.2. The van der Waals surface area contributed by atoms with E-state index in [-0.39, 0.29) is 0 Å². The Hall–Kier alpha value is -2.31. The van der Waals surface area contributed by atoms with E-state index in [0.29, 0.717) is 5.56 Å². The number of hydrogen-bond acceptors (Lipinski definition) is 3. The summed E-state index contributed by atoms with van der Waals surface area (Å²) in [5, 5.41) is 18.7. The number of aliphatic hydroxyl groups excluding tert-OH is 1. The molecular weight excluding hydrogens is 260 g/mol. The van der Waals surface area contributed by atoms with Crippen LogP contribution in [0.25, 0.3) is 0 Å². The third-order valence-electron chi connectivity index (χ3n) is 3.58. The van der Waals surface area contributed by atoms with Crippen molar-refractivity contribution in [2.45, 2.75) is 26.0 Å². The molecule has 0 fully saturated rings. The highest BCUT2D eigenvalue weighted by Crippen LogP contribution is 2.21. The molecule has 108 valence electrons. The molecule has 2 rings (SSSR count). The zero-order valence-electron chi connectivity index (χ0n) is 12.5. The van der Waals surface area contributed by atoms with Crippen LogP contribution in [0.1, 0.15) is 36.1 Å². The molecular formula is C18H20N2O. The maximum atomic E-state index is 9.81. The SMILES string of the molecule is CCC(O)c1ccc(N(C)Cc2cccc(C#N)c2)cc1. The van der Waals surface area contributed by atoms with E-state index in [9.17, 15) is 5.11 Å². The summed E-state index contributed by atoms with van der Waals surface area (Å²) in [5.41, 5.74) is 3.82. The summed E-state index contributed by atoms with van der Waals surface area (Å²) in [6, 6.07) is 17.8. The van der Waals surface area contributed by atoms with Gasteiger partial charge < -0.3 is 10.0 Å². The Balaban J connectivity index is 2.09. The maximum absolute atomic E-state index is 9.81. The number of rotatable bonds is 5. The highest BCUT2D eigenvalue weighted by molar-refractivity contribution is 5.48. The Kier molecular flexibility index (Phi) is 4.97. The lowest BCUT2D eigenvalue weighted by Crippen LogP contribution is -2.16. The lowest BCUT2D eigenvalue weighted by Gasteiger charge is -2.20. The molecule has 0 heterocycles. The molecule has 0 amide bonds. The third-order valence-corrected chi connectivity index (χ3v) is 3.58. The van der Waals surface area contributed by atoms with Gasteiger partial charge in [0.2, 0.25) is 0 Å². The van der Waals surface area contributed by atoms with Crippen LogP contribution in [0.4, 0.5) is 5.69 Å². The fourth-order valence-electron chi connectivity index (χ4n) is 2.29. The van der Waals surface area contributed by atoms with E-state index < -0.39 is 6.10 Å². The van der Waals surface area contributed by atoms with Crippen LogP contribution in [0.5, 0.6) is 0 Å². The molecule has 0 aliphatic carbocycles. The van der Waals surface area contributed by atoms with Crippen molar-refractivity contribution in [2.24, 2.45) is 0 Å². The Morgan fingerprint density at radius 2 is 1.90 bits per heavy atom. The monoisotopic (exact) mass is 280 g/mol. The number of benzene rings is 2. The predicted octanol–water partition coefficient (Wildman–Crippen LogP) is 3.64. The molecule has 0 aromatic heterocycles. The van der Waals surface area contributed by atoms with Crippen LogP contribution >= 0.6 is 0 Å². The highest BCUT2D eigenvalue weighted by atomic mass is 16.3. The molecule has 0 aliphatic rings. The molecule has 2 aromatic carbocycles. The summed E-state index contributed by atoms with van der Waals surface area (Å²) in [4.78, 5) is 2.12. The summed E-state index contributed by atoms with van der Waals surface area (Å²) in [6.45, 7) is 2.71. The minimum Gasteiger partial charge on any atom is -0.388 e. The van der Waals surface area contributed by atoms with Crippen molar-refractivity contribution in [3.05, 3.63) is 65.2 Å². The van der Waals surface area contributed by atoms with Crippen LogP contribution in [0.3, 0.4) is 0 Å². The first-order valence-electron chi connectivity index (χ1n) is 7.12. The molecule has 1 atom stereocenters. The van der Waals surface area contributed by atoms with Crippen molar-refractivity contribution in [1.29, 1.82) is 5.26 Å². The van der Waals surface area contributed by atoms with E-state index in [1.807, 2.05) is 62.5 Å². The van der Waals surface area contributed by atoms with Gasteiger partial charge in [-0.05, 0) is 41.8 Å². The van der Waals surface area contributed by atoms with E-state index >= 15 is 0 Å². The van der Waals surface area contributed by atoms with Gasteiger partial charge in [-0.2, -0.15) is 5.26 Å². The van der Waals surface area contributed by atoms with E-state index in [1.165, 1.54) is 0 Å². The van der Waals surface area contributed by atoms with Crippen LogP contribution < -0.4 is 4.90 Å². The molecule has 0 saturated heterocycles. The fraction of sp³-hybridized carbons (Fsp3) is 0.278. The van der Waals surface area contributed by atoms with Crippen LogP contribution in [0.15, 0.2) is 48.5 Å². The molecule has 0 saturated carbocycles. The van der Waals surface area contributed by atoms with Crippen molar-refractivity contribution in [3.63, 3.8) is 0 Å². The Labute approximate surface area is 126 Å². The van der Waals surface area contributed by atoms with Gasteiger partial charge in [-0.3, -0.25) is 0 Å². The van der Waals surface area contributed by atoms with Crippen molar-refractivity contribution < 1.29 is 5.11 Å². The number of aliphatic hydroxyl groups is 1. The summed E-state index contributed by atoms with van der Waals surface area (Å²) in [7, 11) is 2.02. The Morgan fingerprint density at radius 3 is 2.52 bits per heavy atom. The standard InChI is InChI=1S/C18H20N2O/c1-3-18(21)16-7-9-17(10-8-16)20(2)13-15-6-4-5-14(11-15)12-19/h4-11,18,21H,3,13H2,1-2H3. The Bertz CT molecular complexity index is 628. The molecule has 2 aromatic rings. The van der Waals surface area contributed by atoms with Gasteiger partial charge in [-0.1, -0.05) is 31.2 Å². The average Bonchev–Trinajstić information content (AvgIpc) is 2.54. The molecule has 0 spiro atoms. The third kappa shape index (κ3) is 3.84. The first kappa shape index (κ1) is 15.1. The number of hydrogen-bond donors (Lipinski definition) is 1. The molecule has 0 radical (unpaired) electrons. The van der Waals surface area contributed by atoms with Gasteiger partial charge in [-0.15, -0.1) is 0 Å². The molecule has 21 heavy (non-hydrogen) atoms. The minimum atomic E-state index is -0.392. The van der Waals surface area contributed by atoms with Crippen molar-refractivity contribution in [3.8, 4) is 6.07 Å². The summed E-state index contributed by atoms with van der Waals surface area (Å²) in [5.74, 6) is 0. The van der Waals surface area contributed by atoms with Gasteiger partial charge in [0.1, 0.15) is 0 Å². The van der Waals surface area contributed by atoms with Crippen LogP contribution in [-0.4, -0.2) is 12.2 Å². The fourth-order valence-corrected chi connectivity index (χ4v) is 2.29. The molecule has 1 unspecified atom stereocenters. The molecule has 0 aliphatic heterocycles. The maximum Gasteiger partial charge on any atom is 0.0991 e. The molecule has 1 N–H and O–H groups in total. The van der Waals surface area contributed by atoms with Gasteiger partial charge in [0.05, 0.1) is 17.7 Å². The number of nitrogens with zero attached hydrogens (tertiary/aromatic N) is 2. The van der Waals surface area contributed by atoms with Crippen molar-refractivity contribution in [1.82, 2.24) is 0 Å². The van der Waals surface area contributed by atoms with Crippen molar-refractivity contribution in [2.75, 3.05) is 11.9 Å². The first-order valence-corrected chi connectivity index (χ1v) is 7.12. The minimum absolute atomic E-state index is 0.392. The van der Waals surface area contributed by atoms with E-state index in [1.54, 1.807) is 0 Å². The van der Waals surface area contributed by atoms with E-state index in [2.05, 4.69) is 11.0 Å². The summed E-state index contributed by atoms with van der Waals surface area (Å²) >= 11 is 0. The summed E-state index contributed by atoms with van der Waals surface area (Å²) in [6.07, 6.45) is 0.326. The zero-order valence-corrected chi connectivity index (χ0v) is 12.5. The molecule has 3 heteroatoms. The van der Waals surface area contributed by atoms with Gasteiger partial charge >= 0.3 is 0 Å². The van der Waals surface area contributed by atoms with Crippen molar-refractivity contribution >= 4 is 5.69 Å². The highest BCUT2D eigenvalue weighted by Gasteiger charge is 2.06. The second kappa shape index (κ2) is 6.92. The second-order valence-corrected chi connectivity index (χ2v) is 5.18. The van der Waals surface area contributed by atoms with Gasteiger partial charge in [0.15, 0.2) is 0 Å². The van der Waals surface area contributed by atoms with Crippen LogP contribution in [-0.2, 0) is 6.54 Å². The smallest absolute Gasteiger partial charge is 0.0991 e. The van der Waals surface area contributed by atoms with E-state index in [4.69, 9.17) is 5.26 Å². The lowest BCUT2D eigenvalue weighted by atomic mass is 10.1. The second-order valence-electron chi connectivity index (χ2n) is 5.18. The van der Waals surface area contributed by atoms with Crippen LogP contribution in [0, 0.1) is 11.3 Å². The first-order chi connectivity index (χ1) is 10.1. The largest absolute Gasteiger partial charge is 0.388 e. The van der Waals surface area contributed by atoms with E-state index in [0.717, 1.165) is 29.8 Å². The average molecular weight is 280 g/mol. The van der Waals surface area contributed by atoms with Crippen LogP contribution in [0.2, 0.25) is 0 Å². The lowest BCUT2D eigenvalue weighted by molar-refractivity contribution is 0.173. The molecule has 3 nitrogen and oxygen atoms in total. The predicted molar refractivity (Wildman–Crippen MR) is 85.0 cm³/mol.